The van der Waals surface area contributed by atoms with Gasteiger partial charge in [-0.15, -0.1) is 12.4 Å². The molecule has 1 fully saturated rings. The summed E-state index contributed by atoms with van der Waals surface area (Å²) in [7, 11) is 0. The molecular weight excluding hydrogens is 692 g/mol. The monoisotopic (exact) mass is 728 g/mol. The molecule has 12 heteroatoms. The Bertz CT molecular complexity index is 2490. The summed E-state index contributed by atoms with van der Waals surface area (Å²) < 4.78 is 20.5. The molecule has 3 aromatic heterocycles. The lowest BCUT2D eigenvalue weighted by atomic mass is 9.72. The van der Waals surface area contributed by atoms with E-state index >= 15 is 0 Å². The number of carbonyl (C=O) groups excluding carboxylic acids is 2. The lowest BCUT2D eigenvalue weighted by Gasteiger charge is -2.28. The van der Waals surface area contributed by atoms with Crippen molar-refractivity contribution in [3.05, 3.63) is 95.3 Å². The zero-order valence-corrected chi connectivity index (χ0v) is 29.9. The summed E-state index contributed by atoms with van der Waals surface area (Å²) in [6.45, 7) is 4.88. The van der Waals surface area contributed by atoms with E-state index in [1.54, 1.807) is 6.20 Å². The van der Waals surface area contributed by atoms with Crippen LogP contribution >= 0.6 is 12.4 Å². The number of halogens is 1. The Morgan fingerprint density at radius 3 is 2.74 bits per heavy atom. The average molecular weight is 729 g/mol. The number of aromatic amines is 1. The van der Waals surface area contributed by atoms with Crippen molar-refractivity contribution in [1.82, 2.24) is 25.6 Å². The fourth-order valence-corrected chi connectivity index (χ4v) is 9.32. The van der Waals surface area contributed by atoms with Gasteiger partial charge in [-0.1, -0.05) is 56.3 Å². The van der Waals surface area contributed by atoms with Crippen molar-refractivity contribution in [2.75, 3.05) is 11.9 Å². The van der Waals surface area contributed by atoms with Gasteiger partial charge in [0.05, 0.1) is 12.2 Å². The number of carbonyl (C=O) groups is 2. The fraction of sp³-hybridized carbons (Fsp3) is 0.317. The van der Waals surface area contributed by atoms with Gasteiger partial charge in [0.25, 0.3) is 0 Å². The molecule has 6 aromatic rings. The normalized spacial score (nSPS) is 24.4. The average Bonchev–Trinajstić information content (AvgIpc) is 3.99. The first-order valence-corrected chi connectivity index (χ1v) is 18.2. The van der Waals surface area contributed by atoms with E-state index in [4.69, 9.17) is 23.5 Å². The van der Waals surface area contributed by atoms with Crippen LogP contribution in [0.2, 0.25) is 0 Å². The SMILES string of the molecule is CC(C)C1NC(=O)C(CC(=O)[C@@H]2CCCN2)Cc2ccc3c(c2)C24c5cccc(c5N[C@H]2O3)-c2cccc3[nH]cc(c23)-c2cnc(o2)-c2nc1oc24.Cl. The van der Waals surface area contributed by atoms with E-state index < -0.39 is 23.6 Å². The van der Waals surface area contributed by atoms with Gasteiger partial charge < -0.3 is 34.5 Å². The maximum absolute atomic E-state index is 14.3. The number of para-hydroxylation sites is 1. The van der Waals surface area contributed by atoms with Crippen LogP contribution in [-0.2, 0) is 21.4 Å². The molecule has 8 heterocycles. The van der Waals surface area contributed by atoms with Crippen LogP contribution in [0.4, 0.5) is 5.69 Å². The predicted octanol–water partition coefficient (Wildman–Crippen LogP) is 7.06. The second-order valence-corrected chi connectivity index (χ2v) is 15.1. The van der Waals surface area contributed by atoms with Crippen molar-refractivity contribution in [1.29, 1.82) is 0 Å². The zero-order chi connectivity index (χ0) is 34.9. The van der Waals surface area contributed by atoms with Crippen molar-refractivity contribution < 1.29 is 23.2 Å². The molecule has 11 nitrogen and oxygen atoms in total. The Kier molecular flexibility index (Phi) is 7.04. The quantitative estimate of drug-likeness (QED) is 0.150. The number of ketones is 1. The summed E-state index contributed by atoms with van der Waals surface area (Å²) >= 11 is 0. The summed E-state index contributed by atoms with van der Waals surface area (Å²) in [5, 5.41) is 11.4. The molecule has 3 unspecified atom stereocenters. The van der Waals surface area contributed by atoms with Gasteiger partial charge in [0.1, 0.15) is 17.2 Å². The third-order valence-corrected chi connectivity index (χ3v) is 11.8. The van der Waals surface area contributed by atoms with Gasteiger partial charge in [-0.2, -0.15) is 0 Å². The number of benzene rings is 3. The van der Waals surface area contributed by atoms with Gasteiger partial charge >= 0.3 is 0 Å². The molecule has 1 amide bonds. The molecule has 5 atom stereocenters. The van der Waals surface area contributed by atoms with Crippen LogP contribution in [0.15, 0.2) is 75.8 Å². The second kappa shape index (κ2) is 11.6. The number of amides is 1. The van der Waals surface area contributed by atoms with Gasteiger partial charge in [0, 0.05) is 57.4 Å². The van der Waals surface area contributed by atoms with Crippen molar-refractivity contribution in [2.24, 2.45) is 11.8 Å². The molecule has 4 N–H and O–H groups in total. The molecule has 53 heavy (non-hydrogen) atoms. The van der Waals surface area contributed by atoms with E-state index in [0.29, 0.717) is 41.2 Å². The number of H-pyrrole nitrogens is 1. The molecular formula is C41H37ClN6O5. The minimum atomic E-state index is -0.996. The topological polar surface area (TPSA) is 147 Å². The number of Topliss-reactive ketones (excluding diaryl/α,β-unsaturated/α-hetero) is 1. The minimum absolute atomic E-state index is 0. The first kappa shape index (κ1) is 32.3. The summed E-state index contributed by atoms with van der Waals surface area (Å²) in [4.78, 5) is 41.3. The van der Waals surface area contributed by atoms with E-state index in [1.807, 2.05) is 32.2 Å². The van der Waals surface area contributed by atoms with E-state index in [1.165, 1.54) is 0 Å². The minimum Gasteiger partial charge on any atom is -0.469 e. The summed E-state index contributed by atoms with van der Waals surface area (Å²) in [6, 6.07) is 17.9. The van der Waals surface area contributed by atoms with Crippen LogP contribution in [0.5, 0.6) is 5.75 Å². The molecule has 5 aliphatic rings. The standard InChI is InChI=1S/C41H36N6O5.ClH/c1-19(2)33-39-46-35-36(52-39)41-25-8-3-7-23(22-6-4-9-28-32(22)24(17-43-28)31-18-44-38(35)50-31)34(25)47-40(41)51-30-12-11-20(15-26(30)41)14-21(37(49)45-33)16-29(48)27-10-5-13-42-27;/h3-4,6-9,11-12,15,17-19,21,27,33,40,42-43,47H,5,10,13-14,16H2,1-2H3,(H,45,49);1H/t21?,27-,33?,40-,41?;/m0./s1. The molecule has 0 radical (unpaired) electrons. The maximum atomic E-state index is 14.3. The number of ether oxygens (including phenoxy) is 1. The highest BCUT2D eigenvalue weighted by molar-refractivity contribution is 6.07. The molecule has 0 saturated carbocycles. The Labute approximate surface area is 310 Å². The zero-order valence-electron chi connectivity index (χ0n) is 29.1. The van der Waals surface area contributed by atoms with Gasteiger partial charge in [0.15, 0.2) is 29.2 Å². The third kappa shape index (κ3) is 4.44. The number of nitrogens with zero attached hydrogens (tertiary/aromatic N) is 2. The first-order valence-electron chi connectivity index (χ1n) is 18.2. The summed E-state index contributed by atoms with van der Waals surface area (Å²) in [5.41, 5.74) is 7.15. The second-order valence-electron chi connectivity index (χ2n) is 15.1. The van der Waals surface area contributed by atoms with Gasteiger partial charge in [0.2, 0.25) is 17.7 Å². The van der Waals surface area contributed by atoms with Crippen molar-refractivity contribution in [3.63, 3.8) is 0 Å². The van der Waals surface area contributed by atoms with E-state index in [0.717, 1.165) is 69.4 Å². The molecule has 3 aromatic carbocycles. The van der Waals surface area contributed by atoms with E-state index in [9.17, 15) is 9.59 Å². The summed E-state index contributed by atoms with van der Waals surface area (Å²) in [5.74, 6) is 1.69. The number of hydrogen-bond acceptors (Lipinski definition) is 9. The number of fused-ring (bicyclic) bond motifs is 7. The van der Waals surface area contributed by atoms with Gasteiger partial charge in [-0.05, 0) is 55.0 Å². The number of anilines is 1. The highest BCUT2D eigenvalue weighted by Crippen LogP contribution is 2.61. The van der Waals surface area contributed by atoms with Crippen molar-refractivity contribution in [2.45, 2.75) is 63.3 Å². The van der Waals surface area contributed by atoms with E-state index in [2.05, 4.69) is 63.4 Å². The Hall–Kier alpha value is -5.39. The van der Waals surface area contributed by atoms with Gasteiger partial charge in [-0.3, -0.25) is 9.59 Å². The highest BCUT2D eigenvalue weighted by atomic mass is 35.5. The highest BCUT2D eigenvalue weighted by Gasteiger charge is 2.61. The van der Waals surface area contributed by atoms with Crippen LogP contribution in [0, 0.1) is 11.8 Å². The smallest absolute Gasteiger partial charge is 0.249 e. The van der Waals surface area contributed by atoms with Crippen molar-refractivity contribution >= 4 is 40.7 Å². The Morgan fingerprint density at radius 2 is 1.89 bits per heavy atom. The van der Waals surface area contributed by atoms with E-state index in [-0.39, 0.29) is 42.5 Å². The fourth-order valence-electron chi connectivity index (χ4n) is 9.32. The third-order valence-electron chi connectivity index (χ3n) is 11.8. The van der Waals surface area contributed by atoms with Crippen LogP contribution in [-0.4, -0.2) is 45.5 Å². The van der Waals surface area contributed by atoms with Crippen molar-refractivity contribution in [3.8, 4) is 39.8 Å². The van der Waals surface area contributed by atoms with Crippen LogP contribution in [0.1, 0.15) is 67.5 Å². The molecule has 0 aliphatic carbocycles. The maximum Gasteiger partial charge on any atom is 0.249 e. The van der Waals surface area contributed by atoms with Gasteiger partial charge in [-0.25, -0.2) is 9.97 Å². The Morgan fingerprint density at radius 1 is 1.02 bits per heavy atom. The van der Waals surface area contributed by atoms with Crippen LogP contribution in [0.3, 0.4) is 0 Å². The molecule has 5 aliphatic heterocycles. The predicted molar refractivity (Wildman–Crippen MR) is 200 cm³/mol. The molecule has 10 bridgehead atoms. The largest absolute Gasteiger partial charge is 0.469 e. The number of oxazole rings is 2. The lowest BCUT2D eigenvalue weighted by molar-refractivity contribution is -0.131. The number of aromatic nitrogens is 3. The molecule has 1 spiro atoms. The first-order chi connectivity index (χ1) is 25.4. The van der Waals surface area contributed by atoms with Crippen LogP contribution in [0.25, 0.3) is 44.9 Å². The molecule has 1 saturated heterocycles. The number of nitrogens with one attached hydrogen (secondary N) is 4. The lowest BCUT2D eigenvalue weighted by Crippen LogP contribution is -2.41. The van der Waals surface area contributed by atoms with Crippen LogP contribution < -0.4 is 20.7 Å². The Balaban J connectivity index is 0.00000349. The molecule has 268 valence electrons. The number of rotatable bonds is 4. The molecule has 11 rings (SSSR count). The summed E-state index contributed by atoms with van der Waals surface area (Å²) in [6.07, 6.45) is 5.38. The number of hydrogen-bond donors (Lipinski definition) is 4.